The third-order valence-corrected chi connectivity index (χ3v) is 3.72. The third-order valence-electron chi connectivity index (χ3n) is 2.94. The Kier molecular flexibility index (Phi) is 4.23. The molecule has 0 spiro atoms. The minimum Gasteiger partial charge on any atom is -0.373 e. The van der Waals surface area contributed by atoms with Gasteiger partial charge in [-0.3, -0.25) is 0 Å². The molecule has 5 nitrogen and oxygen atoms in total. The zero-order chi connectivity index (χ0) is 14.8. The Balaban J connectivity index is 2.30. The first kappa shape index (κ1) is 14.7. The van der Waals surface area contributed by atoms with Crippen molar-refractivity contribution in [2.24, 2.45) is 0 Å². The van der Waals surface area contributed by atoms with E-state index in [9.17, 15) is 0 Å². The second-order valence-corrected chi connectivity index (χ2v) is 6.63. The Morgan fingerprint density at radius 1 is 1.20 bits per heavy atom. The van der Waals surface area contributed by atoms with E-state index in [4.69, 9.17) is 0 Å². The molecule has 2 rings (SSSR count). The van der Waals surface area contributed by atoms with Gasteiger partial charge in [0.15, 0.2) is 0 Å². The molecule has 2 N–H and O–H groups in total. The van der Waals surface area contributed by atoms with Crippen LogP contribution in [0.25, 0.3) is 0 Å². The third kappa shape index (κ3) is 3.25. The molecule has 0 aliphatic heterocycles. The number of nitrogens with one attached hydrogen (secondary N) is 2. The summed E-state index contributed by atoms with van der Waals surface area (Å²) in [5.74, 6) is 2.56. The number of nitrogens with zero attached hydrogens (tertiary/aromatic N) is 3. The highest BCUT2D eigenvalue weighted by molar-refractivity contribution is 7.09. The van der Waals surface area contributed by atoms with Gasteiger partial charge in [0.25, 0.3) is 0 Å². The van der Waals surface area contributed by atoms with Crippen molar-refractivity contribution < 1.29 is 0 Å². The van der Waals surface area contributed by atoms with Crippen molar-refractivity contribution in [3.63, 3.8) is 0 Å². The summed E-state index contributed by atoms with van der Waals surface area (Å²) in [5, 5.41) is 9.52. The SMILES string of the molecule is CNc1nc(C(C)(C)C)nc(NCc2nccs2)c1C. The van der Waals surface area contributed by atoms with Gasteiger partial charge in [-0.25, -0.2) is 15.0 Å². The summed E-state index contributed by atoms with van der Waals surface area (Å²) in [6.45, 7) is 9.04. The molecule has 0 amide bonds. The van der Waals surface area contributed by atoms with Gasteiger partial charge in [0.2, 0.25) is 0 Å². The van der Waals surface area contributed by atoms with Gasteiger partial charge in [-0.05, 0) is 6.92 Å². The van der Waals surface area contributed by atoms with Gasteiger partial charge in [0.1, 0.15) is 22.5 Å². The van der Waals surface area contributed by atoms with E-state index in [2.05, 4.69) is 46.4 Å². The molecule has 0 saturated carbocycles. The van der Waals surface area contributed by atoms with Gasteiger partial charge in [0.05, 0.1) is 6.54 Å². The second-order valence-electron chi connectivity index (χ2n) is 5.65. The van der Waals surface area contributed by atoms with Crippen molar-refractivity contribution in [1.29, 1.82) is 0 Å². The molecule has 108 valence electrons. The molecule has 0 fully saturated rings. The maximum atomic E-state index is 4.67. The normalized spacial score (nSPS) is 11.4. The molecule has 0 saturated heterocycles. The summed E-state index contributed by atoms with van der Waals surface area (Å²) < 4.78 is 0. The number of rotatable bonds is 4. The molecule has 0 atom stereocenters. The number of hydrogen-bond donors (Lipinski definition) is 2. The summed E-state index contributed by atoms with van der Waals surface area (Å²) in [5.41, 5.74) is 0.939. The lowest BCUT2D eigenvalue weighted by Crippen LogP contribution is -2.19. The predicted octanol–water partition coefficient (Wildman–Crippen LogP) is 3.19. The quantitative estimate of drug-likeness (QED) is 0.906. The van der Waals surface area contributed by atoms with Crippen LogP contribution in [0.4, 0.5) is 11.6 Å². The van der Waals surface area contributed by atoms with Gasteiger partial charge >= 0.3 is 0 Å². The zero-order valence-electron chi connectivity index (χ0n) is 12.6. The number of thiazole rings is 1. The summed E-state index contributed by atoms with van der Waals surface area (Å²) >= 11 is 1.64. The van der Waals surface area contributed by atoms with Crippen LogP contribution in [0, 0.1) is 6.92 Å². The van der Waals surface area contributed by atoms with E-state index in [1.807, 2.05) is 25.5 Å². The van der Waals surface area contributed by atoms with Gasteiger partial charge < -0.3 is 10.6 Å². The van der Waals surface area contributed by atoms with E-state index in [0.29, 0.717) is 6.54 Å². The monoisotopic (exact) mass is 291 g/mol. The fraction of sp³-hybridized carbons (Fsp3) is 0.500. The van der Waals surface area contributed by atoms with Gasteiger partial charge in [0, 0.05) is 29.6 Å². The summed E-state index contributed by atoms with van der Waals surface area (Å²) in [6.07, 6.45) is 1.81. The fourth-order valence-corrected chi connectivity index (χ4v) is 2.32. The smallest absolute Gasteiger partial charge is 0.138 e. The van der Waals surface area contributed by atoms with Gasteiger partial charge in [-0.15, -0.1) is 11.3 Å². The lowest BCUT2D eigenvalue weighted by Gasteiger charge is -2.20. The molecule has 6 heteroatoms. The standard InChI is InChI=1S/C14H21N5S/c1-9-11(15-5)18-13(14(2,3)4)19-12(9)17-8-10-16-6-7-20-10/h6-7H,8H2,1-5H3,(H2,15,17,18,19). The highest BCUT2D eigenvalue weighted by Crippen LogP contribution is 2.26. The molecular formula is C14H21N5S. The van der Waals surface area contributed by atoms with E-state index in [1.54, 1.807) is 11.3 Å². The van der Waals surface area contributed by atoms with Crippen LogP contribution in [0.2, 0.25) is 0 Å². The average Bonchev–Trinajstić information content (AvgIpc) is 2.89. The van der Waals surface area contributed by atoms with Crippen molar-refractivity contribution in [3.8, 4) is 0 Å². The Hall–Kier alpha value is -1.69. The molecule has 2 heterocycles. The number of hydrogen-bond acceptors (Lipinski definition) is 6. The largest absolute Gasteiger partial charge is 0.373 e. The van der Waals surface area contributed by atoms with E-state index in [-0.39, 0.29) is 5.41 Å². The number of anilines is 2. The minimum absolute atomic E-state index is 0.0864. The van der Waals surface area contributed by atoms with E-state index < -0.39 is 0 Å². The number of aromatic nitrogens is 3. The van der Waals surface area contributed by atoms with E-state index in [1.165, 1.54) is 0 Å². The first-order valence-corrected chi connectivity index (χ1v) is 7.49. The molecule has 0 aliphatic rings. The highest BCUT2D eigenvalue weighted by atomic mass is 32.1. The average molecular weight is 291 g/mol. The van der Waals surface area contributed by atoms with Crippen LogP contribution in [-0.2, 0) is 12.0 Å². The molecule has 2 aromatic rings. The minimum atomic E-state index is -0.0864. The van der Waals surface area contributed by atoms with Crippen LogP contribution in [0.15, 0.2) is 11.6 Å². The van der Waals surface area contributed by atoms with E-state index >= 15 is 0 Å². The van der Waals surface area contributed by atoms with Crippen LogP contribution in [0.5, 0.6) is 0 Å². The molecule has 20 heavy (non-hydrogen) atoms. The topological polar surface area (TPSA) is 62.7 Å². The van der Waals surface area contributed by atoms with E-state index in [0.717, 1.165) is 28.0 Å². The van der Waals surface area contributed by atoms with Crippen LogP contribution in [0.1, 0.15) is 37.2 Å². The summed E-state index contributed by atoms with van der Waals surface area (Å²) in [7, 11) is 1.88. The molecule has 0 radical (unpaired) electrons. The molecule has 0 aliphatic carbocycles. The van der Waals surface area contributed by atoms with Crippen molar-refractivity contribution in [3.05, 3.63) is 28.0 Å². The molecular weight excluding hydrogens is 270 g/mol. The van der Waals surface area contributed by atoms with Crippen molar-refractivity contribution >= 4 is 23.0 Å². The lowest BCUT2D eigenvalue weighted by atomic mass is 9.95. The fourth-order valence-electron chi connectivity index (χ4n) is 1.77. The Morgan fingerprint density at radius 3 is 2.45 bits per heavy atom. The molecule has 2 aromatic heterocycles. The molecule has 0 unspecified atom stereocenters. The first-order valence-electron chi connectivity index (χ1n) is 6.61. The van der Waals surface area contributed by atoms with Crippen molar-refractivity contribution in [1.82, 2.24) is 15.0 Å². The maximum absolute atomic E-state index is 4.67. The molecule has 0 aromatic carbocycles. The predicted molar refractivity (Wildman–Crippen MR) is 84.5 cm³/mol. The van der Waals surface area contributed by atoms with Crippen molar-refractivity contribution in [2.75, 3.05) is 17.7 Å². The Morgan fingerprint density at radius 2 is 1.90 bits per heavy atom. The van der Waals surface area contributed by atoms with Crippen LogP contribution < -0.4 is 10.6 Å². The Bertz CT molecular complexity index is 572. The van der Waals surface area contributed by atoms with Crippen LogP contribution in [-0.4, -0.2) is 22.0 Å². The zero-order valence-corrected chi connectivity index (χ0v) is 13.4. The van der Waals surface area contributed by atoms with Crippen molar-refractivity contribution in [2.45, 2.75) is 39.7 Å². The lowest BCUT2D eigenvalue weighted by molar-refractivity contribution is 0.546. The summed E-state index contributed by atoms with van der Waals surface area (Å²) in [4.78, 5) is 13.5. The highest BCUT2D eigenvalue weighted by Gasteiger charge is 2.20. The van der Waals surface area contributed by atoms with Gasteiger partial charge in [-0.1, -0.05) is 20.8 Å². The Labute approximate surface area is 123 Å². The maximum Gasteiger partial charge on any atom is 0.138 e. The molecule has 0 bridgehead atoms. The first-order chi connectivity index (χ1) is 9.41. The van der Waals surface area contributed by atoms with Crippen LogP contribution >= 0.6 is 11.3 Å². The van der Waals surface area contributed by atoms with Crippen LogP contribution in [0.3, 0.4) is 0 Å². The van der Waals surface area contributed by atoms with Gasteiger partial charge in [-0.2, -0.15) is 0 Å². The summed E-state index contributed by atoms with van der Waals surface area (Å²) in [6, 6.07) is 0. The second kappa shape index (κ2) is 5.75.